The molecular formula is C10H12ClNO4S. The van der Waals surface area contributed by atoms with Gasteiger partial charge in [-0.15, -0.1) is 0 Å². The molecule has 0 amide bonds. The zero-order chi connectivity index (χ0) is 13.1. The van der Waals surface area contributed by atoms with Crippen LogP contribution in [0.25, 0.3) is 0 Å². The second-order valence-corrected chi connectivity index (χ2v) is 6.30. The fourth-order valence-corrected chi connectivity index (χ4v) is 2.30. The summed E-state index contributed by atoms with van der Waals surface area (Å²) in [5.74, 6) is -1.09. The molecule has 0 bridgehead atoms. The Bertz CT molecular complexity index is 502. The van der Waals surface area contributed by atoms with Crippen LogP contribution in [0.3, 0.4) is 0 Å². The van der Waals surface area contributed by atoms with Crippen LogP contribution >= 0.6 is 10.7 Å². The smallest absolute Gasteiger partial charge is 0.343 e. The molecule has 0 saturated carbocycles. The van der Waals surface area contributed by atoms with Crippen molar-refractivity contribution >= 4 is 25.7 Å². The second-order valence-electron chi connectivity index (χ2n) is 3.48. The topological polar surface area (TPSA) is 86.5 Å². The van der Waals surface area contributed by atoms with Crippen molar-refractivity contribution in [3.63, 3.8) is 0 Å². The lowest BCUT2D eigenvalue weighted by Crippen LogP contribution is -2.55. The predicted octanol–water partition coefficient (Wildman–Crippen LogP) is 0.626. The molecule has 1 unspecified atom stereocenters. The van der Waals surface area contributed by atoms with Gasteiger partial charge in [-0.3, -0.25) is 0 Å². The molecule has 0 aliphatic heterocycles. The van der Waals surface area contributed by atoms with Gasteiger partial charge in [-0.05, 0) is 5.56 Å². The minimum absolute atomic E-state index is 0.244. The molecule has 0 aromatic heterocycles. The normalized spacial score (nSPS) is 15.0. The Labute approximate surface area is 104 Å². The monoisotopic (exact) mass is 277 g/mol. The van der Waals surface area contributed by atoms with Crippen molar-refractivity contribution < 1.29 is 17.9 Å². The fourth-order valence-electron chi connectivity index (χ4n) is 1.33. The van der Waals surface area contributed by atoms with E-state index in [4.69, 9.17) is 16.4 Å². The lowest BCUT2D eigenvalue weighted by Gasteiger charge is -2.22. The third-order valence-corrected chi connectivity index (χ3v) is 4.28. The van der Waals surface area contributed by atoms with Crippen molar-refractivity contribution in [1.82, 2.24) is 0 Å². The molecule has 1 aromatic carbocycles. The molecule has 1 aromatic rings. The Hall–Kier alpha value is -1.11. The van der Waals surface area contributed by atoms with Crippen molar-refractivity contribution in [2.45, 2.75) is 11.3 Å². The summed E-state index contributed by atoms with van der Waals surface area (Å²) in [6.07, 6.45) is -0.244. The van der Waals surface area contributed by atoms with Crippen LogP contribution in [0, 0.1) is 0 Å². The molecule has 0 heterocycles. The van der Waals surface area contributed by atoms with Gasteiger partial charge in [0.2, 0.25) is 4.87 Å². The van der Waals surface area contributed by atoms with Crippen molar-refractivity contribution in [2.75, 3.05) is 7.11 Å². The number of rotatable bonds is 4. The predicted molar refractivity (Wildman–Crippen MR) is 63.9 cm³/mol. The molecule has 17 heavy (non-hydrogen) atoms. The van der Waals surface area contributed by atoms with Crippen molar-refractivity contribution in [3.05, 3.63) is 35.9 Å². The highest BCUT2D eigenvalue weighted by Gasteiger charge is 2.47. The van der Waals surface area contributed by atoms with E-state index >= 15 is 0 Å². The van der Waals surface area contributed by atoms with Gasteiger partial charge in [0.05, 0.1) is 7.11 Å². The number of ether oxygens (including phenoxy) is 1. The van der Waals surface area contributed by atoms with Gasteiger partial charge in [0, 0.05) is 17.1 Å². The quantitative estimate of drug-likeness (QED) is 0.644. The van der Waals surface area contributed by atoms with E-state index in [-0.39, 0.29) is 6.42 Å². The summed E-state index contributed by atoms with van der Waals surface area (Å²) in [6.45, 7) is 0. The molecular weight excluding hydrogens is 266 g/mol. The van der Waals surface area contributed by atoms with E-state index in [0.717, 1.165) is 7.11 Å². The first kappa shape index (κ1) is 14.0. The molecule has 0 aliphatic carbocycles. The average Bonchev–Trinajstić information content (AvgIpc) is 2.27. The number of carbonyl (C=O) groups is 1. The van der Waals surface area contributed by atoms with Crippen LogP contribution in [0.2, 0.25) is 0 Å². The zero-order valence-corrected chi connectivity index (χ0v) is 10.7. The standard InChI is InChI=1S/C10H12ClNO4S/c1-16-9(13)10(12,17(11,14)15)7-8-5-3-2-4-6-8/h2-6H,7,12H2,1H3. The summed E-state index contributed by atoms with van der Waals surface area (Å²) < 4.78 is 27.2. The average molecular weight is 278 g/mol. The van der Waals surface area contributed by atoms with E-state index < -0.39 is 19.9 Å². The second kappa shape index (κ2) is 5.03. The minimum Gasteiger partial charge on any atom is -0.467 e. The Kier molecular flexibility index (Phi) is 4.13. The molecule has 2 N–H and O–H groups in total. The van der Waals surface area contributed by atoms with Crippen molar-refractivity contribution in [2.24, 2.45) is 5.73 Å². The summed E-state index contributed by atoms with van der Waals surface area (Å²) in [5.41, 5.74) is 6.14. The molecule has 0 spiro atoms. The van der Waals surface area contributed by atoms with E-state index in [1.54, 1.807) is 30.3 Å². The van der Waals surface area contributed by atoms with Crippen LogP contribution in [-0.2, 0) is 25.0 Å². The van der Waals surface area contributed by atoms with Crippen LogP contribution in [0.4, 0.5) is 0 Å². The first-order chi connectivity index (χ1) is 7.81. The molecule has 1 atom stereocenters. The Balaban J connectivity index is 3.15. The fraction of sp³-hybridized carbons (Fsp3) is 0.300. The van der Waals surface area contributed by atoms with E-state index in [0.29, 0.717) is 5.56 Å². The lowest BCUT2D eigenvalue weighted by molar-refractivity contribution is -0.143. The van der Waals surface area contributed by atoms with E-state index in [2.05, 4.69) is 4.74 Å². The van der Waals surface area contributed by atoms with Gasteiger partial charge in [0.1, 0.15) is 0 Å². The third-order valence-electron chi connectivity index (χ3n) is 2.28. The Morgan fingerprint density at radius 3 is 2.35 bits per heavy atom. The summed E-state index contributed by atoms with van der Waals surface area (Å²) in [4.78, 5) is 9.20. The number of hydrogen-bond donors (Lipinski definition) is 1. The maximum atomic E-state index is 11.5. The highest BCUT2D eigenvalue weighted by atomic mass is 35.7. The number of esters is 1. The van der Waals surface area contributed by atoms with Crippen LogP contribution in [0.5, 0.6) is 0 Å². The van der Waals surface area contributed by atoms with Gasteiger partial charge < -0.3 is 10.5 Å². The minimum atomic E-state index is -4.30. The summed E-state index contributed by atoms with van der Waals surface area (Å²) in [6, 6.07) is 8.45. The highest BCUT2D eigenvalue weighted by Crippen LogP contribution is 2.22. The van der Waals surface area contributed by atoms with Crippen LogP contribution in [0.15, 0.2) is 30.3 Å². The van der Waals surface area contributed by atoms with Gasteiger partial charge in [0.15, 0.2) is 0 Å². The molecule has 0 radical (unpaired) electrons. The number of nitrogens with two attached hydrogens (primary N) is 1. The molecule has 94 valence electrons. The van der Waals surface area contributed by atoms with E-state index in [1.165, 1.54) is 0 Å². The SMILES string of the molecule is COC(=O)C(N)(Cc1ccccc1)S(=O)(=O)Cl. The number of methoxy groups -OCH3 is 1. The molecule has 1 rings (SSSR count). The molecule has 0 aliphatic rings. The van der Waals surface area contributed by atoms with Crippen molar-refractivity contribution in [3.8, 4) is 0 Å². The molecule has 5 nitrogen and oxygen atoms in total. The van der Waals surface area contributed by atoms with Gasteiger partial charge in [-0.2, -0.15) is 0 Å². The first-order valence-corrected chi connectivity index (χ1v) is 6.97. The van der Waals surface area contributed by atoms with Crippen molar-refractivity contribution in [1.29, 1.82) is 0 Å². The maximum absolute atomic E-state index is 11.5. The van der Waals surface area contributed by atoms with Crippen LogP contribution in [0.1, 0.15) is 5.56 Å². The van der Waals surface area contributed by atoms with Crippen LogP contribution in [-0.4, -0.2) is 26.4 Å². The summed E-state index contributed by atoms with van der Waals surface area (Å²) in [5, 5.41) is 0. The highest BCUT2D eigenvalue weighted by molar-refractivity contribution is 8.15. The number of benzene rings is 1. The van der Waals surface area contributed by atoms with Gasteiger partial charge in [-0.25, -0.2) is 13.2 Å². The Morgan fingerprint density at radius 1 is 1.41 bits per heavy atom. The van der Waals surface area contributed by atoms with E-state index in [1.807, 2.05) is 0 Å². The number of hydrogen-bond acceptors (Lipinski definition) is 5. The number of carbonyl (C=O) groups excluding carboxylic acids is 1. The van der Waals surface area contributed by atoms with E-state index in [9.17, 15) is 13.2 Å². The molecule has 0 saturated heterocycles. The summed E-state index contributed by atoms with van der Waals surface area (Å²) >= 11 is 0. The lowest BCUT2D eigenvalue weighted by atomic mass is 10.1. The van der Waals surface area contributed by atoms with Crippen LogP contribution < -0.4 is 5.73 Å². The largest absolute Gasteiger partial charge is 0.467 e. The zero-order valence-electron chi connectivity index (χ0n) is 9.09. The third kappa shape index (κ3) is 2.96. The maximum Gasteiger partial charge on any atom is 0.343 e. The van der Waals surface area contributed by atoms with Gasteiger partial charge >= 0.3 is 5.97 Å². The molecule has 0 fully saturated rings. The Morgan fingerprint density at radius 2 is 1.94 bits per heavy atom. The first-order valence-electron chi connectivity index (χ1n) is 4.66. The summed E-state index contributed by atoms with van der Waals surface area (Å²) in [7, 11) is 1.96. The van der Waals surface area contributed by atoms with Gasteiger partial charge in [-0.1, -0.05) is 30.3 Å². The number of halogens is 1. The molecule has 7 heteroatoms. The van der Waals surface area contributed by atoms with Gasteiger partial charge in [0.25, 0.3) is 9.05 Å².